The van der Waals surface area contributed by atoms with Crippen LogP contribution in [0.15, 0.2) is 22.7 Å². The lowest BCUT2D eigenvalue weighted by molar-refractivity contribution is 0.169. The average molecular weight is 501 g/mol. The summed E-state index contributed by atoms with van der Waals surface area (Å²) in [6.45, 7) is 11.4. The number of alkyl halides is 1. The second-order valence-corrected chi connectivity index (χ2v) is 10.8. The third kappa shape index (κ3) is 4.87. The summed E-state index contributed by atoms with van der Waals surface area (Å²) < 4.78 is 24.3. The fourth-order valence-corrected chi connectivity index (χ4v) is 5.22. The summed E-state index contributed by atoms with van der Waals surface area (Å²) in [5, 5.41) is 7.30. The van der Waals surface area contributed by atoms with E-state index in [4.69, 9.17) is 9.26 Å². The molecule has 0 bridgehead atoms. The van der Waals surface area contributed by atoms with Gasteiger partial charge in [0, 0.05) is 50.7 Å². The van der Waals surface area contributed by atoms with Crippen LogP contribution in [0.1, 0.15) is 57.7 Å². The van der Waals surface area contributed by atoms with E-state index >= 15 is 0 Å². The number of likely N-dealkylation sites (tertiary alicyclic amines) is 1. The molecule has 10 heteroatoms. The summed E-state index contributed by atoms with van der Waals surface area (Å²) in [4.78, 5) is 24.4. The summed E-state index contributed by atoms with van der Waals surface area (Å²) >= 11 is 0. The number of piperidine rings is 1. The highest BCUT2D eigenvalue weighted by Crippen LogP contribution is 2.44. The molecule has 3 heterocycles. The molecule has 2 atom stereocenters. The molecule has 0 unspecified atom stereocenters. The zero-order valence-electron chi connectivity index (χ0n) is 21.7. The predicted molar refractivity (Wildman–Crippen MR) is 136 cm³/mol. The lowest BCUT2D eigenvalue weighted by atomic mass is 9.80. The van der Waals surface area contributed by atoms with Gasteiger partial charge in [0.05, 0.1) is 18.7 Å². The molecule has 2 saturated heterocycles. The number of hydrogen-bond acceptors (Lipinski definition) is 7. The second kappa shape index (κ2) is 9.88. The van der Waals surface area contributed by atoms with Crippen LogP contribution >= 0.6 is 0 Å². The van der Waals surface area contributed by atoms with E-state index in [1.807, 2.05) is 23.1 Å². The minimum atomic E-state index is -0.865. The molecule has 1 aliphatic carbocycles. The van der Waals surface area contributed by atoms with Crippen LogP contribution in [0.5, 0.6) is 5.75 Å². The first-order valence-corrected chi connectivity index (χ1v) is 13.0. The molecule has 1 saturated carbocycles. The third-order valence-electron chi connectivity index (χ3n) is 8.01. The van der Waals surface area contributed by atoms with Crippen molar-refractivity contribution in [2.24, 2.45) is 0 Å². The highest BCUT2D eigenvalue weighted by molar-refractivity contribution is 5.95. The summed E-state index contributed by atoms with van der Waals surface area (Å²) in [6, 6.07) is 6.28. The Morgan fingerprint density at radius 2 is 1.89 bits per heavy atom. The molecule has 1 aromatic carbocycles. The number of piperazine rings is 1. The van der Waals surface area contributed by atoms with Gasteiger partial charge in [-0.3, -0.25) is 4.90 Å². The first-order valence-electron chi connectivity index (χ1n) is 13.0. The van der Waals surface area contributed by atoms with Crippen LogP contribution in [0.3, 0.4) is 0 Å². The fourth-order valence-electron chi connectivity index (χ4n) is 5.22. The first-order chi connectivity index (χ1) is 17.3. The normalized spacial score (nSPS) is 24.2. The molecule has 2 aromatic rings. The Labute approximate surface area is 211 Å². The monoisotopic (exact) mass is 500 g/mol. The quantitative estimate of drug-likeness (QED) is 0.641. The summed E-state index contributed by atoms with van der Waals surface area (Å²) in [6.07, 6.45) is 1.01. The van der Waals surface area contributed by atoms with Gasteiger partial charge in [-0.1, -0.05) is 18.1 Å². The molecule has 9 nitrogen and oxygen atoms in total. The highest BCUT2D eigenvalue weighted by Gasteiger charge is 2.45. The fraction of sp³-hybridized carbons (Fsp3) is 0.654. The van der Waals surface area contributed by atoms with Gasteiger partial charge in [0.2, 0.25) is 5.89 Å². The molecular weight excluding hydrogens is 463 g/mol. The molecule has 2 aliphatic heterocycles. The van der Waals surface area contributed by atoms with Gasteiger partial charge in [-0.15, -0.1) is 0 Å². The maximum atomic E-state index is 13.4. The molecule has 36 heavy (non-hydrogen) atoms. The Hall–Kier alpha value is -2.88. The third-order valence-corrected chi connectivity index (χ3v) is 8.01. The van der Waals surface area contributed by atoms with Crippen molar-refractivity contribution in [1.82, 2.24) is 19.9 Å². The number of urea groups is 1. The van der Waals surface area contributed by atoms with Gasteiger partial charge in [0.25, 0.3) is 0 Å². The number of ether oxygens (including phenoxy) is 1. The molecular formula is C26H37FN6O3. The Morgan fingerprint density at radius 1 is 1.19 bits per heavy atom. The SMILES string of the molecule is COc1cccc(N2CCN(C(C)C)CC2)c1NC(=O)N1CCC(C)(c2noc([C@@H]3C[C@@H]3F)n2)CC1. The van der Waals surface area contributed by atoms with E-state index in [0.29, 0.717) is 61.5 Å². The van der Waals surface area contributed by atoms with Crippen LogP contribution in [-0.2, 0) is 5.41 Å². The molecule has 1 aromatic heterocycles. The van der Waals surface area contributed by atoms with Crippen LogP contribution in [0.4, 0.5) is 20.6 Å². The van der Waals surface area contributed by atoms with Crippen molar-refractivity contribution in [1.29, 1.82) is 0 Å². The number of nitrogens with one attached hydrogen (secondary N) is 1. The Balaban J connectivity index is 1.24. The number of aromatic nitrogens is 2. The molecule has 5 rings (SSSR count). The van der Waals surface area contributed by atoms with E-state index in [1.165, 1.54) is 0 Å². The van der Waals surface area contributed by atoms with E-state index in [1.54, 1.807) is 7.11 Å². The molecule has 1 N–H and O–H groups in total. The van der Waals surface area contributed by atoms with E-state index < -0.39 is 6.17 Å². The topological polar surface area (TPSA) is 87.0 Å². The standard InChI is InChI=1S/C26H37FN6O3/c1-17(2)31-12-14-32(15-13-31)20-6-5-7-21(35-4)22(20)28-25(34)33-10-8-26(3,9-11-33)24-29-23(36-30-24)18-16-19(18)27/h5-7,17-19H,8-16H2,1-4H3,(H,28,34)/t18-,19+/m1/s1. The number of carbonyl (C=O) groups excluding carboxylic acids is 1. The largest absolute Gasteiger partial charge is 0.494 e. The van der Waals surface area contributed by atoms with Gasteiger partial charge in [0.15, 0.2) is 5.82 Å². The van der Waals surface area contributed by atoms with E-state index in [0.717, 1.165) is 31.9 Å². The van der Waals surface area contributed by atoms with Gasteiger partial charge >= 0.3 is 6.03 Å². The molecule has 3 fully saturated rings. The van der Waals surface area contributed by atoms with Crippen molar-refractivity contribution < 1.29 is 18.4 Å². The lowest BCUT2D eigenvalue weighted by Gasteiger charge is -2.39. The van der Waals surface area contributed by atoms with Crippen LogP contribution in [0.2, 0.25) is 0 Å². The van der Waals surface area contributed by atoms with Crippen molar-refractivity contribution in [3.8, 4) is 5.75 Å². The van der Waals surface area contributed by atoms with Gasteiger partial charge in [0.1, 0.15) is 17.6 Å². The Kier molecular flexibility index (Phi) is 6.80. The summed E-state index contributed by atoms with van der Waals surface area (Å²) in [7, 11) is 1.63. The average Bonchev–Trinajstić information content (AvgIpc) is 3.39. The van der Waals surface area contributed by atoms with E-state index in [-0.39, 0.29) is 17.4 Å². The molecule has 3 aliphatic rings. The smallest absolute Gasteiger partial charge is 0.322 e. The van der Waals surface area contributed by atoms with Crippen LogP contribution in [0.25, 0.3) is 0 Å². The number of benzene rings is 1. The number of rotatable bonds is 6. The molecule has 0 radical (unpaired) electrons. The van der Waals surface area contributed by atoms with Gasteiger partial charge in [-0.25, -0.2) is 9.18 Å². The maximum Gasteiger partial charge on any atom is 0.322 e. The number of para-hydroxylation sites is 1. The second-order valence-electron chi connectivity index (χ2n) is 10.8. The zero-order chi connectivity index (χ0) is 25.4. The van der Waals surface area contributed by atoms with E-state index in [2.05, 4.69) is 46.0 Å². The van der Waals surface area contributed by atoms with Crippen molar-refractivity contribution in [3.63, 3.8) is 0 Å². The zero-order valence-corrected chi connectivity index (χ0v) is 21.7. The first kappa shape index (κ1) is 24.8. The summed E-state index contributed by atoms with van der Waals surface area (Å²) in [5.41, 5.74) is 1.40. The minimum Gasteiger partial charge on any atom is -0.494 e. The Bertz CT molecular complexity index is 1080. The molecule has 196 valence electrons. The number of amides is 2. The van der Waals surface area contributed by atoms with Crippen LogP contribution in [0, 0.1) is 0 Å². The number of hydrogen-bond donors (Lipinski definition) is 1. The predicted octanol–water partition coefficient (Wildman–Crippen LogP) is 4.02. The molecule has 0 spiro atoms. The number of halogens is 1. The van der Waals surface area contributed by atoms with Crippen molar-refractivity contribution in [2.75, 3.05) is 56.6 Å². The highest BCUT2D eigenvalue weighted by atomic mass is 19.1. The maximum absolute atomic E-state index is 13.4. The van der Waals surface area contributed by atoms with Gasteiger partial charge in [-0.05, 0) is 45.2 Å². The van der Waals surface area contributed by atoms with Crippen LogP contribution in [-0.4, -0.2) is 84.6 Å². The number of methoxy groups -OCH3 is 1. The van der Waals surface area contributed by atoms with Crippen molar-refractivity contribution in [3.05, 3.63) is 29.9 Å². The minimum absolute atomic E-state index is 0.143. The summed E-state index contributed by atoms with van der Waals surface area (Å²) in [5.74, 6) is 1.42. The van der Waals surface area contributed by atoms with Crippen molar-refractivity contribution >= 4 is 17.4 Å². The number of nitrogens with zero attached hydrogens (tertiary/aromatic N) is 5. The van der Waals surface area contributed by atoms with Gasteiger partial charge < -0.3 is 24.4 Å². The van der Waals surface area contributed by atoms with E-state index in [9.17, 15) is 9.18 Å². The molecule has 2 amide bonds. The lowest BCUT2D eigenvalue weighted by Crippen LogP contribution is -2.49. The van der Waals surface area contributed by atoms with Crippen LogP contribution < -0.4 is 15.0 Å². The number of anilines is 2. The number of carbonyl (C=O) groups is 1. The van der Waals surface area contributed by atoms with Crippen molar-refractivity contribution in [2.45, 2.75) is 63.6 Å². The Morgan fingerprint density at radius 3 is 2.50 bits per heavy atom. The van der Waals surface area contributed by atoms with Gasteiger partial charge in [-0.2, -0.15) is 4.98 Å².